The lowest BCUT2D eigenvalue weighted by Gasteiger charge is -2.43. The molecule has 24 heavy (non-hydrogen) atoms. The molecular weight excluding hydrogens is 316 g/mol. The zero-order valence-corrected chi connectivity index (χ0v) is 15.7. The summed E-state index contributed by atoms with van der Waals surface area (Å²) in [7, 11) is 0. The Balaban J connectivity index is 1.78. The highest BCUT2D eigenvalue weighted by Gasteiger charge is 2.63. The van der Waals surface area contributed by atoms with Gasteiger partial charge in [-0.25, -0.2) is 0 Å². The summed E-state index contributed by atoms with van der Waals surface area (Å²) in [5, 5.41) is 0. The normalized spacial score (nSPS) is 40.9. The summed E-state index contributed by atoms with van der Waals surface area (Å²) in [6.07, 6.45) is -1.03. The maximum atomic E-state index is 6.09. The van der Waals surface area contributed by atoms with Crippen molar-refractivity contribution < 1.29 is 33.2 Å². The Labute approximate surface area is 143 Å². The van der Waals surface area contributed by atoms with Crippen LogP contribution in [-0.4, -0.2) is 61.3 Å². The van der Waals surface area contributed by atoms with Gasteiger partial charge in [-0.2, -0.15) is 0 Å². The first-order valence-corrected chi connectivity index (χ1v) is 8.51. The van der Waals surface area contributed by atoms with Crippen molar-refractivity contribution >= 4 is 0 Å². The van der Waals surface area contributed by atoms with Crippen molar-refractivity contribution in [3.63, 3.8) is 0 Å². The fourth-order valence-corrected chi connectivity index (χ4v) is 3.27. The molecular formula is C17H30O7. The van der Waals surface area contributed by atoms with E-state index in [0.717, 1.165) is 0 Å². The SMILES string of the molecule is CC(C)(C)OCO[C@H]1[C@@H]2OC(C)(C)O[C@@H]2CO[C@]12COC(C)(C)O2. The molecule has 0 bridgehead atoms. The predicted molar refractivity (Wildman–Crippen MR) is 84.2 cm³/mol. The van der Waals surface area contributed by atoms with Gasteiger partial charge in [0.15, 0.2) is 11.6 Å². The molecule has 0 radical (unpaired) electrons. The van der Waals surface area contributed by atoms with Gasteiger partial charge in [0.25, 0.3) is 0 Å². The summed E-state index contributed by atoms with van der Waals surface area (Å²) < 4.78 is 41.6. The maximum absolute atomic E-state index is 6.09. The van der Waals surface area contributed by atoms with Crippen LogP contribution in [-0.2, 0) is 33.2 Å². The summed E-state index contributed by atoms with van der Waals surface area (Å²) in [4.78, 5) is 0. The van der Waals surface area contributed by atoms with Gasteiger partial charge in [0.2, 0.25) is 5.79 Å². The number of hydrogen-bond acceptors (Lipinski definition) is 7. The Morgan fingerprint density at radius 1 is 1.00 bits per heavy atom. The van der Waals surface area contributed by atoms with Crippen molar-refractivity contribution in [2.45, 2.75) is 89.7 Å². The van der Waals surface area contributed by atoms with Crippen molar-refractivity contribution in [3.05, 3.63) is 0 Å². The Kier molecular flexibility index (Phi) is 4.53. The first-order chi connectivity index (χ1) is 10.9. The molecule has 3 aliphatic rings. The fourth-order valence-electron chi connectivity index (χ4n) is 3.27. The Morgan fingerprint density at radius 2 is 1.71 bits per heavy atom. The van der Waals surface area contributed by atoms with Gasteiger partial charge < -0.3 is 33.2 Å². The molecule has 3 heterocycles. The van der Waals surface area contributed by atoms with E-state index >= 15 is 0 Å². The molecule has 0 N–H and O–H groups in total. The number of hydrogen-bond donors (Lipinski definition) is 0. The summed E-state index contributed by atoms with van der Waals surface area (Å²) in [6, 6.07) is 0. The molecule has 3 rings (SSSR count). The maximum Gasteiger partial charge on any atom is 0.224 e. The summed E-state index contributed by atoms with van der Waals surface area (Å²) in [5.74, 6) is -2.45. The molecule has 3 fully saturated rings. The molecule has 0 saturated carbocycles. The van der Waals surface area contributed by atoms with Crippen molar-refractivity contribution in [3.8, 4) is 0 Å². The molecule has 0 unspecified atom stereocenters. The second-order valence-electron chi connectivity index (χ2n) is 8.51. The van der Waals surface area contributed by atoms with Crippen LogP contribution in [0.4, 0.5) is 0 Å². The highest BCUT2D eigenvalue weighted by atomic mass is 16.9. The first-order valence-electron chi connectivity index (χ1n) is 8.51. The van der Waals surface area contributed by atoms with Crippen LogP contribution in [0.5, 0.6) is 0 Å². The molecule has 0 aromatic rings. The molecule has 4 atom stereocenters. The lowest BCUT2D eigenvalue weighted by Crippen LogP contribution is -2.63. The van der Waals surface area contributed by atoms with Crippen molar-refractivity contribution in [1.82, 2.24) is 0 Å². The van der Waals surface area contributed by atoms with Gasteiger partial charge in [-0.15, -0.1) is 0 Å². The monoisotopic (exact) mass is 346 g/mol. The third kappa shape index (κ3) is 3.77. The lowest BCUT2D eigenvalue weighted by molar-refractivity contribution is -0.345. The minimum Gasteiger partial charge on any atom is -0.350 e. The van der Waals surface area contributed by atoms with Gasteiger partial charge in [-0.1, -0.05) is 0 Å². The zero-order valence-electron chi connectivity index (χ0n) is 15.7. The second kappa shape index (κ2) is 5.87. The Bertz CT molecular complexity index is 468. The van der Waals surface area contributed by atoms with Crippen LogP contribution in [0.1, 0.15) is 48.5 Å². The van der Waals surface area contributed by atoms with Gasteiger partial charge in [0, 0.05) is 0 Å². The van der Waals surface area contributed by atoms with Crippen LogP contribution in [0, 0.1) is 0 Å². The van der Waals surface area contributed by atoms with Gasteiger partial charge in [0.05, 0.1) is 12.2 Å². The molecule has 0 aromatic heterocycles. The predicted octanol–water partition coefficient (Wildman–Crippen LogP) is 2.17. The lowest BCUT2D eigenvalue weighted by atomic mass is 9.97. The van der Waals surface area contributed by atoms with E-state index < -0.39 is 23.5 Å². The second-order valence-corrected chi connectivity index (χ2v) is 8.51. The van der Waals surface area contributed by atoms with Crippen LogP contribution in [0.15, 0.2) is 0 Å². The molecule has 1 spiro atoms. The van der Waals surface area contributed by atoms with E-state index in [9.17, 15) is 0 Å². The minimum atomic E-state index is -1.02. The van der Waals surface area contributed by atoms with E-state index in [0.29, 0.717) is 6.61 Å². The molecule has 0 amide bonds. The minimum absolute atomic E-state index is 0.107. The molecule has 7 heteroatoms. The van der Waals surface area contributed by atoms with E-state index in [1.807, 2.05) is 48.5 Å². The summed E-state index contributed by atoms with van der Waals surface area (Å²) in [6.45, 7) is 14.2. The summed E-state index contributed by atoms with van der Waals surface area (Å²) >= 11 is 0. The molecule has 0 aromatic carbocycles. The molecule has 3 saturated heterocycles. The van der Waals surface area contributed by atoms with Crippen LogP contribution >= 0.6 is 0 Å². The standard InChI is InChI=1S/C17H30O7/c1-14(2,3)21-10-18-13-12-11(22-16(6,7)23-12)8-19-17(13)9-20-15(4,5)24-17/h11-13H,8-10H2,1-7H3/t11-,12-,13+,17+/m1/s1. The molecule has 7 nitrogen and oxygen atoms in total. The van der Waals surface area contributed by atoms with E-state index in [1.165, 1.54) is 0 Å². The van der Waals surface area contributed by atoms with Crippen molar-refractivity contribution in [2.24, 2.45) is 0 Å². The highest BCUT2D eigenvalue weighted by molar-refractivity contribution is 5.01. The quantitative estimate of drug-likeness (QED) is 0.726. The number of rotatable bonds is 3. The summed E-state index contributed by atoms with van der Waals surface area (Å²) in [5.41, 5.74) is -0.305. The van der Waals surface area contributed by atoms with E-state index in [4.69, 9.17) is 33.2 Å². The smallest absolute Gasteiger partial charge is 0.224 e. The fraction of sp³-hybridized carbons (Fsp3) is 1.00. The first kappa shape index (κ1) is 18.5. The molecule has 140 valence electrons. The van der Waals surface area contributed by atoms with E-state index in [2.05, 4.69) is 0 Å². The average Bonchev–Trinajstić information content (AvgIpc) is 2.88. The van der Waals surface area contributed by atoms with E-state index in [1.54, 1.807) is 0 Å². The number of ether oxygens (including phenoxy) is 7. The van der Waals surface area contributed by atoms with Gasteiger partial charge in [-0.3, -0.25) is 0 Å². The van der Waals surface area contributed by atoms with Crippen LogP contribution in [0.2, 0.25) is 0 Å². The zero-order chi connectivity index (χ0) is 17.8. The van der Waals surface area contributed by atoms with Crippen molar-refractivity contribution in [2.75, 3.05) is 20.0 Å². The van der Waals surface area contributed by atoms with Crippen LogP contribution < -0.4 is 0 Å². The largest absolute Gasteiger partial charge is 0.350 e. The highest BCUT2D eigenvalue weighted by Crippen LogP contribution is 2.45. The molecule has 0 aliphatic carbocycles. The van der Waals surface area contributed by atoms with Gasteiger partial charge >= 0.3 is 0 Å². The third-order valence-corrected chi connectivity index (χ3v) is 4.22. The number of fused-ring (bicyclic) bond motifs is 1. The van der Waals surface area contributed by atoms with Gasteiger partial charge in [0.1, 0.15) is 31.7 Å². The van der Waals surface area contributed by atoms with Gasteiger partial charge in [-0.05, 0) is 48.5 Å². The van der Waals surface area contributed by atoms with Crippen molar-refractivity contribution in [1.29, 1.82) is 0 Å². The average molecular weight is 346 g/mol. The van der Waals surface area contributed by atoms with Crippen LogP contribution in [0.3, 0.4) is 0 Å². The topological polar surface area (TPSA) is 64.6 Å². The Hall–Kier alpha value is -0.280. The third-order valence-electron chi connectivity index (χ3n) is 4.22. The Morgan fingerprint density at radius 3 is 2.29 bits per heavy atom. The van der Waals surface area contributed by atoms with Crippen LogP contribution in [0.25, 0.3) is 0 Å². The van der Waals surface area contributed by atoms with E-state index in [-0.39, 0.29) is 31.2 Å². The molecule has 3 aliphatic heterocycles.